The van der Waals surface area contributed by atoms with Crippen molar-refractivity contribution >= 4 is 24.8 Å². The van der Waals surface area contributed by atoms with Crippen LogP contribution in [-0.2, 0) is 0 Å². The summed E-state index contributed by atoms with van der Waals surface area (Å²) in [6.07, 6.45) is 8.29. The fraction of sp³-hybridized carbons (Fsp3) is 0.0625. The first-order chi connectivity index (χ1) is 9.36. The van der Waals surface area contributed by atoms with Crippen molar-refractivity contribution in [2.45, 2.75) is 0 Å². The van der Waals surface area contributed by atoms with Gasteiger partial charge in [-0.2, -0.15) is 0 Å². The second-order valence-electron chi connectivity index (χ2n) is 4.53. The topological polar surface area (TPSA) is 22.1 Å². The van der Waals surface area contributed by atoms with Gasteiger partial charge < -0.3 is 0 Å². The second kappa shape index (κ2) is 5.66. The summed E-state index contributed by atoms with van der Waals surface area (Å²) in [5.74, 6) is 0.883. The molecule has 0 aliphatic carbocycles. The van der Waals surface area contributed by atoms with Gasteiger partial charge in [0.15, 0.2) is 0 Å². The Morgan fingerprint density at radius 3 is 2.37 bits per heavy atom. The van der Waals surface area contributed by atoms with Gasteiger partial charge in [0.1, 0.15) is 0 Å². The van der Waals surface area contributed by atoms with E-state index in [4.69, 9.17) is 4.74 Å². The van der Waals surface area contributed by atoms with Crippen LogP contribution in [0.5, 0.6) is 5.75 Å². The Balaban J connectivity index is 1.93. The van der Waals surface area contributed by atoms with Gasteiger partial charge >= 0.3 is 121 Å². The molecule has 0 unspecified atom stereocenters. The first kappa shape index (κ1) is 12.5. The Kier molecular flexibility index (Phi) is 3.74. The van der Waals surface area contributed by atoms with Gasteiger partial charge in [0, 0.05) is 0 Å². The minimum absolute atomic E-state index is 0.883. The van der Waals surface area contributed by atoms with Crippen LogP contribution in [0, 0.1) is 0 Å². The van der Waals surface area contributed by atoms with Crippen LogP contribution in [0.1, 0.15) is 0 Å². The zero-order valence-electron chi connectivity index (χ0n) is 10.8. The molecular weight excluding hydrogens is 337 g/mol. The van der Waals surface area contributed by atoms with Crippen LogP contribution < -0.4 is 8.06 Å². The molecule has 0 spiro atoms. The zero-order chi connectivity index (χ0) is 13.1. The maximum absolute atomic E-state index is 5.19. The molecule has 2 nitrogen and oxygen atoms in total. The molecule has 0 saturated heterocycles. The van der Waals surface area contributed by atoms with E-state index in [0.29, 0.717) is 0 Å². The van der Waals surface area contributed by atoms with Gasteiger partial charge in [-0.3, -0.25) is 0 Å². The average molecular weight is 351 g/mol. The predicted molar refractivity (Wildman–Crippen MR) is 79.9 cm³/mol. The summed E-state index contributed by atoms with van der Waals surface area (Å²) in [5.41, 5.74) is 2.37. The fourth-order valence-corrected chi connectivity index (χ4v) is 7.77. The van der Waals surface area contributed by atoms with Gasteiger partial charge in [-0.15, -0.1) is 0 Å². The van der Waals surface area contributed by atoms with E-state index in [9.17, 15) is 0 Å². The van der Waals surface area contributed by atoms with Crippen LogP contribution in [0.3, 0.4) is 0 Å². The van der Waals surface area contributed by atoms with Crippen molar-refractivity contribution in [3.63, 3.8) is 0 Å². The summed E-state index contributed by atoms with van der Waals surface area (Å²) in [5, 5.41) is 0. The number of rotatable bonds is 3. The van der Waals surface area contributed by atoms with Crippen LogP contribution in [0.25, 0.3) is 11.1 Å². The molecule has 0 N–H and O–H groups in total. The molecule has 3 rings (SSSR count). The molecule has 0 fully saturated rings. The summed E-state index contributed by atoms with van der Waals surface area (Å²) in [4.78, 5) is 4.40. The molecular formula is C16H14InNO. The predicted octanol–water partition coefficient (Wildman–Crippen LogP) is 2.66. The molecule has 19 heavy (non-hydrogen) atoms. The molecule has 2 heterocycles. The molecule has 1 aromatic heterocycles. The summed E-state index contributed by atoms with van der Waals surface area (Å²) in [6.45, 7) is 0. The van der Waals surface area contributed by atoms with Gasteiger partial charge in [-0.25, -0.2) is 0 Å². The number of ether oxygens (including phenoxy) is 1. The Morgan fingerprint density at radius 1 is 0.947 bits per heavy atom. The van der Waals surface area contributed by atoms with E-state index in [1.807, 2.05) is 24.5 Å². The van der Waals surface area contributed by atoms with Crippen molar-refractivity contribution < 1.29 is 4.74 Å². The molecule has 0 radical (unpaired) electrons. The third kappa shape index (κ3) is 2.76. The molecule has 1 aromatic carbocycles. The number of hydrogen-bond acceptors (Lipinski definition) is 2. The van der Waals surface area contributed by atoms with Crippen LogP contribution in [-0.4, -0.2) is 33.5 Å². The summed E-state index contributed by atoms with van der Waals surface area (Å²) in [6, 6.07) is 10.4. The van der Waals surface area contributed by atoms with Crippen molar-refractivity contribution in [1.82, 2.24) is 4.98 Å². The maximum atomic E-state index is 5.19. The van der Waals surface area contributed by atoms with Crippen LogP contribution in [0.2, 0.25) is 0 Å². The summed E-state index contributed by atoms with van der Waals surface area (Å²) >= 11 is -1.78. The Hall–Kier alpha value is -1.48. The van der Waals surface area contributed by atoms with E-state index in [1.165, 1.54) is 14.4 Å². The van der Waals surface area contributed by atoms with Gasteiger partial charge in [0.25, 0.3) is 0 Å². The van der Waals surface area contributed by atoms with Gasteiger partial charge in [-0.1, -0.05) is 0 Å². The number of aromatic nitrogens is 1. The van der Waals surface area contributed by atoms with E-state index in [1.54, 1.807) is 7.11 Å². The van der Waals surface area contributed by atoms with Gasteiger partial charge in [0.05, 0.1) is 0 Å². The Morgan fingerprint density at radius 2 is 1.68 bits per heavy atom. The number of pyridine rings is 1. The number of hydrogen-bond donors (Lipinski definition) is 0. The van der Waals surface area contributed by atoms with Crippen LogP contribution >= 0.6 is 0 Å². The first-order valence-electron chi connectivity index (χ1n) is 6.31. The van der Waals surface area contributed by atoms with E-state index >= 15 is 0 Å². The van der Waals surface area contributed by atoms with Crippen molar-refractivity contribution in [3.05, 3.63) is 62.5 Å². The van der Waals surface area contributed by atoms with Crippen molar-refractivity contribution in [3.8, 4) is 16.9 Å². The summed E-state index contributed by atoms with van der Waals surface area (Å²) in [7, 11) is 1.68. The molecule has 92 valence electrons. The molecule has 0 amide bonds. The molecule has 0 bridgehead atoms. The second-order valence-corrected chi connectivity index (χ2v) is 11.6. The number of benzene rings is 1. The Labute approximate surface area is 121 Å². The van der Waals surface area contributed by atoms with E-state index in [0.717, 1.165) is 5.75 Å². The standard InChI is InChI=1S/C12H10NO.C4H4.In/c1-14-12-6-4-10(5-7-12)11-3-2-8-13-9-11;1-3-4-2;/h3-9H,1H3;1-4H;. The van der Waals surface area contributed by atoms with Crippen molar-refractivity contribution in [1.29, 1.82) is 0 Å². The number of allylic oxidation sites excluding steroid dienone is 2. The SMILES string of the molecule is COc1ccc(-c2cnc[c]([In]3[CH]=CC=[CH]3)c2)cc1. The van der Waals surface area contributed by atoms with E-state index in [-0.39, 0.29) is 0 Å². The molecule has 0 saturated carbocycles. The summed E-state index contributed by atoms with van der Waals surface area (Å²) < 4.78 is 11.4. The molecule has 1 aliphatic heterocycles. The zero-order valence-corrected chi connectivity index (χ0v) is 14.1. The third-order valence-electron chi connectivity index (χ3n) is 3.32. The first-order valence-corrected chi connectivity index (χ1v) is 11.8. The van der Waals surface area contributed by atoms with Crippen LogP contribution in [0.4, 0.5) is 0 Å². The fourth-order valence-electron chi connectivity index (χ4n) is 2.24. The average Bonchev–Trinajstić information content (AvgIpc) is 3.02. The number of methoxy groups -OCH3 is 1. The monoisotopic (exact) mass is 351 g/mol. The van der Waals surface area contributed by atoms with E-state index < -0.39 is 21.4 Å². The van der Waals surface area contributed by atoms with Crippen molar-refractivity contribution in [2.75, 3.05) is 7.11 Å². The quantitative estimate of drug-likeness (QED) is 0.849. The van der Waals surface area contributed by atoms with Crippen molar-refractivity contribution in [2.24, 2.45) is 0 Å². The third-order valence-corrected chi connectivity index (χ3v) is 10.0. The minimum atomic E-state index is -1.78. The van der Waals surface area contributed by atoms with E-state index in [2.05, 4.69) is 43.0 Å². The normalized spacial score (nSPS) is 13.0. The molecule has 0 atom stereocenters. The van der Waals surface area contributed by atoms with Gasteiger partial charge in [-0.05, 0) is 0 Å². The molecule has 1 aliphatic rings. The molecule has 2 aromatic rings. The number of nitrogens with zero attached hydrogens (tertiary/aromatic N) is 1. The van der Waals surface area contributed by atoms with Gasteiger partial charge in [0.2, 0.25) is 0 Å². The molecule has 3 heteroatoms. The van der Waals surface area contributed by atoms with Crippen LogP contribution in [0.15, 0.2) is 62.5 Å². The Bertz CT molecular complexity index is 619.